The largest absolute Gasteiger partial charge is 0.508 e. The average Bonchev–Trinajstić information content (AvgIpc) is 1.50. The van der Waals surface area contributed by atoms with Crippen molar-refractivity contribution in [3.63, 3.8) is 0 Å². The summed E-state index contributed by atoms with van der Waals surface area (Å²) in [4.78, 5) is 215. The number of anilines is 1. The van der Waals surface area contributed by atoms with Gasteiger partial charge < -0.3 is 111 Å². The number of carboxylic acids is 1. The number of rotatable bonds is 24. The number of phenols is 1. The van der Waals surface area contributed by atoms with Crippen LogP contribution >= 0.6 is 23.5 Å². The van der Waals surface area contributed by atoms with Gasteiger partial charge in [0.1, 0.15) is 83.9 Å². The minimum atomic E-state index is -1.94. The van der Waals surface area contributed by atoms with Crippen LogP contribution in [-0.4, -0.2) is 225 Å². The number of phenolic OH excluding ortho intramolecular Hbond substituents is 1. The first-order chi connectivity index (χ1) is 56.9. The summed E-state index contributed by atoms with van der Waals surface area (Å²) in [6.45, 7) is 11.8. The molecule has 14 atom stereocenters. The van der Waals surface area contributed by atoms with Gasteiger partial charge in [-0.25, -0.2) is 9.97 Å². The molecule has 648 valence electrons. The molecule has 0 saturated heterocycles. The zero-order valence-electron chi connectivity index (χ0n) is 67.7. The number of aromatic hydroxyl groups is 1. The molecule has 13 amide bonds. The van der Waals surface area contributed by atoms with Gasteiger partial charge in [-0.05, 0) is 103 Å². The number of nitrogens with one attached hydrogen (secondary N) is 16. The van der Waals surface area contributed by atoms with Crippen molar-refractivity contribution in [1.82, 2.24) is 83.7 Å². The Morgan fingerprint density at radius 2 is 1.12 bits per heavy atom. The second kappa shape index (κ2) is 45.7. The number of aliphatic carboxylic acids is 1. The number of amides is 13. The van der Waals surface area contributed by atoms with Crippen LogP contribution in [0.1, 0.15) is 127 Å². The Morgan fingerprint density at radius 3 is 1.66 bits per heavy atom. The molecule has 7 rings (SSSR count). The number of guanidine groups is 1. The Bertz CT molecular complexity index is 4580. The molecule has 2 bridgehead atoms. The summed E-state index contributed by atoms with van der Waals surface area (Å²) in [6, 6.07) is 3.22. The molecule has 0 spiro atoms. The summed E-state index contributed by atoms with van der Waals surface area (Å²) in [6.07, 6.45) is -0.0350. The number of fused-ring (bicyclic) bond motifs is 3. The highest BCUT2D eigenvalue weighted by Crippen LogP contribution is 2.25. The van der Waals surface area contributed by atoms with E-state index in [4.69, 9.17) is 16.9 Å². The van der Waals surface area contributed by atoms with Gasteiger partial charge in [0.15, 0.2) is 5.96 Å². The average molecular weight is 1700 g/mol. The number of H-pyrrole nitrogens is 2. The van der Waals surface area contributed by atoms with Crippen LogP contribution in [0.2, 0.25) is 0 Å². The van der Waals surface area contributed by atoms with Gasteiger partial charge in [-0.1, -0.05) is 96.0 Å². The molecule has 120 heavy (non-hydrogen) atoms. The highest BCUT2D eigenvalue weighted by molar-refractivity contribution is 7.98. The zero-order valence-corrected chi connectivity index (χ0v) is 69.4. The van der Waals surface area contributed by atoms with Gasteiger partial charge in [-0.2, -0.15) is 23.5 Å². The molecule has 4 heterocycles. The summed E-state index contributed by atoms with van der Waals surface area (Å²) in [5, 5.41) is 84.8. The lowest BCUT2D eigenvalue weighted by atomic mass is 9.85. The topological polar surface area (TPSA) is 610 Å². The van der Waals surface area contributed by atoms with Crippen molar-refractivity contribution in [2.45, 2.75) is 216 Å². The second-order valence-electron chi connectivity index (χ2n) is 30.3. The molecule has 3 aromatic carbocycles. The Balaban J connectivity index is 1.28. The number of carbonyl (C=O) groups is 14. The van der Waals surface area contributed by atoms with E-state index in [2.05, 4.69) is 89.1 Å². The standard InChI is InChI=1S/C80H108N20O18S2/c1-9-13-53-68(108)92-55(26-27-62(105)106)69(109)93-57(31-45-20-24-51(104)25-21-45)71(111)91-54(14-10-2)70(110)98-64(42(4)102)77(117)96-60(66(81)107)38-119-36-46-15-11-16-47(29-46)37-120-39-61(97-78(118)65(80(6,7)8)100-74(114)56(88-43(5)103)30-44-18-22-49(23-19-44)89-79(82)83)75(115)94-59(33-50-35-84-40-87-50)73(113)99-63(41(3)101)76(116)95-58(72(112)90-53)32-48-34-86-67-52(48)17-12-28-85-67/h11-12,15-25,28-29,34-35,40-42,53-61,63-65,101-102,104H,9-10,13-14,26-27,30-33,36-39H2,1-8H3,(H2,81,107)(H,84,87)(H,85,86)(H,88,103)(H,90,112)(H,91,111)(H,92,108)(H,93,109)(H,94,115)(H,95,116)(H,96,117)(H,97,118)(H,98,110)(H,99,113)(H,100,114)(H,105,106)(H4,82,83,89)/t41-,42-,53+,54+,55+,56+,57+,58+,59+,60+,61+,63+,64+,65-/m1/s1. The predicted octanol–water partition coefficient (Wildman–Crippen LogP) is -0.657. The highest BCUT2D eigenvalue weighted by Gasteiger charge is 2.41. The molecule has 40 heteroatoms. The van der Waals surface area contributed by atoms with E-state index >= 15 is 24.0 Å². The van der Waals surface area contributed by atoms with E-state index in [9.17, 15) is 63.6 Å². The maximum absolute atomic E-state index is 15.3. The number of pyridine rings is 1. The first kappa shape index (κ1) is 95.0. The molecule has 1 aliphatic rings. The minimum absolute atomic E-state index is 0.0679. The van der Waals surface area contributed by atoms with Crippen LogP contribution in [0.3, 0.4) is 0 Å². The van der Waals surface area contributed by atoms with Crippen molar-refractivity contribution in [2.75, 3.05) is 16.8 Å². The van der Waals surface area contributed by atoms with E-state index in [0.29, 0.717) is 44.5 Å². The fourth-order valence-corrected chi connectivity index (χ4v) is 14.9. The van der Waals surface area contributed by atoms with Gasteiger partial charge in [0, 0.05) is 97.4 Å². The molecular weight excluding hydrogens is 1590 g/mol. The molecular formula is C80H108N20O18S2. The minimum Gasteiger partial charge on any atom is -0.508 e. The first-order valence-electron chi connectivity index (χ1n) is 39.0. The van der Waals surface area contributed by atoms with E-state index < -0.39 is 186 Å². The first-order valence-corrected chi connectivity index (χ1v) is 41.3. The SMILES string of the molecule is CCC[C@@H]1NC(=O)[C@H](Cc2c[nH]c3ncccc23)NC(=O)[C@H]([C@@H](C)O)NC(=O)[C@H](Cc2cnc[nH]2)NC(=O)[C@@H](NC(=O)[C@@H](NC(=O)[C@H](Cc2ccc(NC(=N)N)cc2)NC(C)=O)C(C)(C)C)CSCc2cccc(c2)CSC[C@@H](C(N)=O)NC(=O)[C@H]([C@@H](C)O)NC(=O)[C@H](CCC)NC(=O)[C@H](Cc2ccc(O)cc2)NC(=O)[C@H](CCC(=O)O)NC1=O. The monoisotopic (exact) mass is 1700 g/mol. The molecule has 0 fully saturated rings. The van der Waals surface area contributed by atoms with Crippen molar-refractivity contribution < 1.29 is 87.5 Å². The van der Waals surface area contributed by atoms with Crippen LogP contribution < -0.4 is 80.6 Å². The lowest BCUT2D eigenvalue weighted by Gasteiger charge is -2.33. The number of aromatic nitrogens is 4. The molecule has 0 saturated carbocycles. The normalized spacial score (nSPS) is 22.0. The van der Waals surface area contributed by atoms with Crippen LogP contribution in [-0.2, 0) is 104 Å². The third-order valence-corrected chi connectivity index (χ3v) is 21.4. The molecule has 38 nitrogen and oxygen atoms in total. The van der Waals surface area contributed by atoms with Gasteiger partial charge in [-0.15, -0.1) is 0 Å². The summed E-state index contributed by atoms with van der Waals surface area (Å²) < 4.78 is 0. The summed E-state index contributed by atoms with van der Waals surface area (Å²) in [5.74, 6) is -14.5. The van der Waals surface area contributed by atoms with Crippen LogP contribution in [0.15, 0.2) is 110 Å². The van der Waals surface area contributed by atoms with Crippen molar-refractivity contribution in [3.05, 3.63) is 143 Å². The molecule has 3 aromatic heterocycles. The van der Waals surface area contributed by atoms with Gasteiger partial charge >= 0.3 is 5.97 Å². The number of benzene rings is 3. The summed E-state index contributed by atoms with van der Waals surface area (Å²) >= 11 is 2.33. The van der Waals surface area contributed by atoms with Crippen molar-refractivity contribution in [2.24, 2.45) is 16.9 Å². The Labute approximate surface area is 700 Å². The van der Waals surface area contributed by atoms with Gasteiger partial charge in [-0.3, -0.25) is 72.5 Å². The van der Waals surface area contributed by atoms with Crippen LogP contribution in [0.25, 0.3) is 11.0 Å². The number of hydrogen-bond acceptors (Lipinski definition) is 22. The third kappa shape index (κ3) is 29.7. The van der Waals surface area contributed by atoms with Gasteiger partial charge in [0.2, 0.25) is 76.8 Å². The van der Waals surface area contributed by atoms with Gasteiger partial charge in [0.25, 0.3) is 0 Å². The molecule has 0 radical (unpaired) electrons. The fourth-order valence-electron chi connectivity index (χ4n) is 12.9. The Morgan fingerprint density at radius 1 is 0.600 bits per heavy atom. The number of aromatic amines is 2. The quantitative estimate of drug-likeness (QED) is 0.0264. The lowest BCUT2D eigenvalue weighted by molar-refractivity contribution is -0.139. The maximum atomic E-state index is 15.3. The number of carboxylic acid groups (broad SMARTS) is 1. The number of primary amides is 1. The van der Waals surface area contributed by atoms with Crippen molar-refractivity contribution in [1.29, 1.82) is 5.41 Å². The third-order valence-electron chi connectivity index (χ3n) is 19.2. The second-order valence-corrected chi connectivity index (χ2v) is 32.3. The smallest absolute Gasteiger partial charge is 0.303 e. The number of aliphatic hydroxyl groups is 2. The predicted molar refractivity (Wildman–Crippen MR) is 446 cm³/mol. The van der Waals surface area contributed by atoms with E-state index in [1.54, 1.807) is 89.2 Å². The number of nitrogens with two attached hydrogens (primary N) is 2. The highest BCUT2D eigenvalue weighted by atomic mass is 32.2. The number of aliphatic hydroxyl groups excluding tert-OH is 2. The van der Waals surface area contributed by atoms with Crippen LogP contribution in [0, 0.1) is 10.8 Å². The number of thioether (sulfide) groups is 2. The molecule has 0 unspecified atom stereocenters. The van der Waals surface area contributed by atoms with E-state index in [1.165, 1.54) is 74.8 Å². The fraction of sp³-hybridized carbons (Fsp3) is 0.463. The van der Waals surface area contributed by atoms with E-state index in [1.807, 2.05) is 6.07 Å². The van der Waals surface area contributed by atoms with E-state index in [0.717, 1.165) is 18.7 Å². The Kier molecular flexibility index (Phi) is 36.2. The molecule has 1 aliphatic heterocycles. The molecule has 0 aliphatic carbocycles. The van der Waals surface area contributed by atoms with Crippen molar-refractivity contribution in [3.8, 4) is 5.75 Å². The molecule has 6 aromatic rings. The number of hydrogen-bond donors (Lipinski definition) is 22. The zero-order chi connectivity index (χ0) is 88.1. The van der Waals surface area contributed by atoms with Crippen LogP contribution in [0.4, 0.5) is 5.69 Å². The lowest BCUT2D eigenvalue weighted by Crippen LogP contribution is -2.63. The maximum Gasteiger partial charge on any atom is 0.303 e. The Hall–Kier alpha value is -12.2. The number of nitrogens with zero attached hydrogens (tertiary/aromatic N) is 2. The number of carbonyl (C=O) groups excluding carboxylic acids is 13. The van der Waals surface area contributed by atoms with E-state index in [-0.39, 0.29) is 91.8 Å². The number of imidazole rings is 1. The summed E-state index contributed by atoms with van der Waals surface area (Å²) in [7, 11) is 0. The van der Waals surface area contributed by atoms with Crippen LogP contribution in [0.5, 0.6) is 5.75 Å². The van der Waals surface area contributed by atoms with Crippen molar-refractivity contribution >= 4 is 129 Å². The van der Waals surface area contributed by atoms with Gasteiger partial charge in [0.05, 0.1) is 18.5 Å². The molecule has 24 N–H and O–H groups in total. The summed E-state index contributed by atoms with van der Waals surface area (Å²) in [5.41, 5.74) is 14.1.